The Morgan fingerprint density at radius 2 is 1.88 bits per heavy atom. The number of hydrogen-bond acceptors (Lipinski definition) is 8. The summed E-state index contributed by atoms with van der Waals surface area (Å²) < 4.78 is 21.8. The fraction of sp³-hybridized carbons (Fsp3) is 0.458. The van der Waals surface area contributed by atoms with E-state index in [1.165, 1.54) is 21.3 Å². The Hall–Kier alpha value is -2.81. The van der Waals surface area contributed by atoms with Gasteiger partial charge in [0.05, 0.1) is 38.0 Å². The average Bonchev–Trinajstić information content (AvgIpc) is 2.77. The molecule has 1 aromatic carbocycles. The second kappa shape index (κ2) is 9.99. The zero-order valence-corrected chi connectivity index (χ0v) is 21.1. The zero-order chi connectivity index (χ0) is 24.4. The zero-order valence-electron chi connectivity index (χ0n) is 19.5. The van der Waals surface area contributed by atoms with E-state index in [0.717, 1.165) is 0 Å². The van der Waals surface area contributed by atoms with Gasteiger partial charge in [0.25, 0.3) is 0 Å². The third-order valence-electron chi connectivity index (χ3n) is 6.03. The summed E-state index contributed by atoms with van der Waals surface area (Å²) >= 11 is 3.50. The summed E-state index contributed by atoms with van der Waals surface area (Å²) in [5, 5.41) is 3.23. The number of carbonyl (C=O) groups excluding carboxylic acids is 3. The molecule has 9 heteroatoms. The number of halogens is 1. The van der Waals surface area contributed by atoms with Crippen molar-refractivity contribution >= 4 is 33.7 Å². The Morgan fingerprint density at radius 3 is 2.45 bits per heavy atom. The van der Waals surface area contributed by atoms with Crippen molar-refractivity contribution in [1.82, 2.24) is 5.32 Å². The number of esters is 2. The molecule has 0 saturated carbocycles. The first-order valence-corrected chi connectivity index (χ1v) is 11.4. The lowest BCUT2D eigenvalue weighted by Gasteiger charge is -2.38. The first-order valence-electron chi connectivity index (χ1n) is 10.6. The molecular weight excluding hydrogens is 494 g/mol. The smallest absolute Gasteiger partial charge is 0.336 e. The largest absolute Gasteiger partial charge is 0.493 e. The van der Waals surface area contributed by atoms with Crippen LogP contribution in [0.5, 0.6) is 11.5 Å². The van der Waals surface area contributed by atoms with Crippen LogP contribution < -0.4 is 14.8 Å². The molecule has 1 aliphatic carbocycles. The van der Waals surface area contributed by atoms with Gasteiger partial charge in [-0.2, -0.15) is 0 Å². The molecule has 178 valence electrons. The molecule has 8 nitrogen and oxygen atoms in total. The van der Waals surface area contributed by atoms with Gasteiger partial charge in [0, 0.05) is 22.9 Å². The van der Waals surface area contributed by atoms with Gasteiger partial charge < -0.3 is 24.3 Å². The number of rotatable bonds is 6. The number of carbonyl (C=O) groups is 3. The first kappa shape index (κ1) is 24.8. The van der Waals surface area contributed by atoms with Crippen LogP contribution in [0.15, 0.2) is 39.1 Å². The van der Waals surface area contributed by atoms with Gasteiger partial charge in [-0.3, -0.25) is 9.59 Å². The standard InChI is InChI=1S/C24H28BrNO7/c1-7-33-24(29)18-12(3)26-15-8-11(2)17(23(28)32-6)21(27)20(15)19(18)13-9-14(25)22(31-5)16(10-13)30-4/h9-11,17,19,26H,7-8H2,1-6H3/t11-,17+,19-/m0/s1. The molecule has 0 bridgehead atoms. The molecule has 1 heterocycles. The molecule has 0 saturated heterocycles. The van der Waals surface area contributed by atoms with E-state index in [1.54, 1.807) is 26.0 Å². The van der Waals surface area contributed by atoms with E-state index in [9.17, 15) is 14.4 Å². The normalized spacial score (nSPS) is 22.4. The van der Waals surface area contributed by atoms with Gasteiger partial charge in [0.15, 0.2) is 17.3 Å². The van der Waals surface area contributed by atoms with Crippen molar-refractivity contribution in [3.63, 3.8) is 0 Å². The quantitative estimate of drug-likeness (QED) is 0.447. The predicted octanol–water partition coefficient (Wildman–Crippen LogP) is 3.64. The van der Waals surface area contributed by atoms with E-state index in [0.29, 0.717) is 50.5 Å². The highest BCUT2D eigenvalue weighted by Crippen LogP contribution is 2.48. The van der Waals surface area contributed by atoms with E-state index in [1.807, 2.05) is 6.92 Å². The monoisotopic (exact) mass is 521 g/mol. The van der Waals surface area contributed by atoms with Crippen LogP contribution in [0.3, 0.4) is 0 Å². The summed E-state index contributed by atoms with van der Waals surface area (Å²) in [5.74, 6) is -2.55. The fourth-order valence-corrected chi connectivity index (χ4v) is 5.22. The molecule has 3 atom stereocenters. The van der Waals surface area contributed by atoms with Crippen molar-refractivity contribution in [3.05, 3.63) is 44.7 Å². The van der Waals surface area contributed by atoms with Crippen molar-refractivity contribution in [2.75, 3.05) is 27.9 Å². The number of ether oxygens (including phenoxy) is 4. The molecule has 0 unspecified atom stereocenters. The second-order valence-corrected chi connectivity index (χ2v) is 8.85. The van der Waals surface area contributed by atoms with Crippen LogP contribution in [-0.4, -0.2) is 45.7 Å². The Kier molecular flexibility index (Phi) is 7.51. The third-order valence-corrected chi connectivity index (χ3v) is 6.62. The molecule has 0 spiro atoms. The van der Waals surface area contributed by atoms with Crippen molar-refractivity contribution in [1.29, 1.82) is 0 Å². The van der Waals surface area contributed by atoms with Gasteiger partial charge in [0.1, 0.15) is 5.92 Å². The number of nitrogens with one attached hydrogen (secondary N) is 1. The van der Waals surface area contributed by atoms with E-state index in [2.05, 4.69) is 21.2 Å². The highest BCUT2D eigenvalue weighted by Gasteiger charge is 2.47. The summed E-state index contributed by atoms with van der Waals surface area (Å²) in [5.41, 5.74) is 2.58. The topological polar surface area (TPSA) is 100 Å². The summed E-state index contributed by atoms with van der Waals surface area (Å²) in [7, 11) is 4.30. The number of benzene rings is 1. The highest BCUT2D eigenvalue weighted by atomic mass is 79.9. The van der Waals surface area contributed by atoms with Crippen LogP contribution in [0.2, 0.25) is 0 Å². The van der Waals surface area contributed by atoms with Crippen LogP contribution in [0.25, 0.3) is 0 Å². The molecular formula is C24H28BrNO7. The number of ketones is 1. The number of methoxy groups -OCH3 is 3. The molecule has 0 radical (unpaired) electrons. The van der Waals surface area contributed by atoms with Crippen LogP contribution >= 0.6 is 15.9 Å². The van der Waals surface area contributed by atoms with Crippen LogP contribution in [0.4, 0.5) is 0 Å². The minimum Gasteiger partial charge on any atom is -0.493 e. The van der Waals surface area contributed by atoms with Gasteiger partial charge in [-0.05, 0) is 59.8 Å². The van der Waals surface area contributed by atoms with Gasteiger partial charge in [-0.15, -0.1) is 0 Å². The maximum atomic E-state index is 13.7. The van der Waals surface area contributed by atoms with Crippen LogP contribution in [0.1, 0.15) is 38.7 Å². The lowest BCUT2D eigenvalue weighted by atomic mass is 9.69. The predicted molar refractivity (Wildman–Crippen MR) is 124 cm³/mol. The minimum atomic E-state index is -0.955. The van der Waals surface area contributed by atoms with Gasteiger partial charge >= 0.3 is 11.9 Å². The number of hydrogen-bond donors (Lipinski definition) is 1. The van der Waals surface area contributed by atoms with Crippen molar-refractivity contribution in [3.8, 4) is 11.5 Å². The van der Waals surface area contributed by atoms with Gasteiger partial charge in [0.2, 0.25) is 0 Å². The fourth-order valence-electron chi connectivity index (χ4n) is 4.60. The minimum absolute atomic E-state index is 0.180. The first-order chi connectivity index (χ1) is 15.7. The number of Topliss-reactive ketones (excluding diaryl/α,β-unsaturated/α-hetero) is 1. The Balaban J connectivity index is 2.27. The van der Waals surface area contributed by atoms with Gasteiger partial charge in [-0.1, -0.05) is 6.92 Å². The molecule has 3 rings (SSSR count). The summed E-state index contributed by atoms with van der Waals surface area (Å²) in [6, 6.07) is 3.52. The highest BCUT2D eigenvalue weighted by molar-refractivity contribution is 9.10. The van der Waals surface area contributed by atoms with Crippen molar-refractivity contribution in [2.24, 2.45) is 11.8 Å². The Labute approximate surface area is 201 Å². The van der Waals surface area contributed by atoms with Crippen LogP contribution in [-0.2, 0) is 23.9 Å². The molecule has 1 aromatic rings. The summed E-state index contributed by atoms with van der Waals surface area (Å²) in [6.45, 7) is 5.52. The molecule has 0 fully saturated rings. The lowest BCUT2D eigenvalue weighted by molar-refractivity contribution is -0.151. The molecule has 33 heavy (non-hydrogen) atoms. The maximum Gasteiger partial charge on any atom is 0.336 e. The van der Waals surface area contributed by atoms with E-state index >= 15 is 0 Å². The summed E-state index contributed by atoms with van der Waals surface area (Å²) in [6.07, 6.45) is 0.458. The Bertz CT molecular complexity index is 1060. The van der Waals surface area contributed by atoms with Gasteiger partial charge in [-0.25, -0.2) is 4.79 Å². The van der Waals surface area contributed by atoms with E-state index < -0.39 is 23.8 Å². The SMILES string of the molecule is CCOC(=O)C1=C(C)NC2=C(C(=O)[C@H](C(=O)OC)[C@@H](C)C2)[C@H]1c1cc(Br)c(OC)c(OC)c1. The average molecular weight is 522 g/mol. The molecule has 0 amide bonds. The number of allylic oxidation sites excluding steroid dienone is 3. The van der Waals surface area contributed by atoms with E-state index in [-0.39, 0.29) is 18.3 Å². The lowest BCUT2D eigenvalue weighted by Crippen LogP contribution is -2.43. The molecule has 1 N–H and O–H groups in total. The summed E-state index contributed by atoms with van der Waals surface area (Å²) in [4.78, 5) is 39.3. The number of dihydropyridines is 1. The second-order valence-electron chi connectivity index (χ2n) is 7.99. The molecule has 1 aliphatic heterocycles. The van der Waals surface area contributed by atoms with E-state index in [4.69, 9.17) is 18.9 Å². The van der Waals surface area contributed by atoms with Crippen LogP contribution in [0, 0.1) is 11.8 Å². The molecule has 0 aromatic heterocycles. The van der Waals surface area contributed by atoms with Crippen molar-refractivity contribution in [2.45, 2.75) is 33.1 Å². The van der Waals surface area contributed by atoms with Crippen molar-refractivity contribution < 1.29 is 33.3 Å². The Morgan fingerprint density at radius 1 is 1.18 bits per heavy atom. The third kappa shape index (κ3) is 4.38. The molecule has 2 aliphatic rings. The maximum absolute atomic E-state index is 13.7.